The minimum Gasteiger partial charge on any atom is -0.373 e. The van der Waals surface area contributed by atoms with Crippen molar-refractivity contribution in [3.63, 3.8) is 0 Å². The molecule has 0 amide bonds. The van der Waals surface area contributed by atoms with E-state index in [0.717, 1.165) is 42.9 Å². The van der Waals surface area contributed by atoms with Crippen molar-refractivity contribution in [1.29, 1.82) is 5.26 Å². The Balaban J connectivity index is 1.37. The van der Waals surface area contributed by atoms with Gasteiger partial charge in [-0.25, -0.2) is 9.07 Å². The fourth-order valence-corrected chi connectivity index (χ4v) is 6.41. The molecular formula is C34H34Cl2FN9. The van der Waals surface area contributed by atoms with Gasteiger partial charge in [-0.2, -0.15) is 5.26 Å². The number of likely N-dealkylation sites (tertiary alicyclic amines) is 1. The van der Waals surface area contributed by atoms with Crippen LogP contribution in [0.5, 0.6) is 0 Å². The van der Waals surface area contributed by atoms with Crippen molar-refractivity contribution in [3.05, 3.63) is 99.4 Å². The first-order chi connectivity index (χ1) is 22.0. The molecule has 1 aliphatic rings. The summed E-state index contributed by atoms with van der Waals surface area (Å²) in [5, 5.41) is 27.0. The molecule has 0 radical (unpaired) electrons. The number of nitrogens with one attached hydrogen (secondary N) is 2. The standard InChI is InChI=1S/C34H34Cl2FN9/c1-20-25(6-5-11-39-20)33(30-19-46(44-43-30)24-9-12-45(13-10-24)34(2,3)4)42-23-14-26-31(41-22-7-8-29(37)27(35)15-22)21(17-38)18-40-32(26)28(36)16-23/h5-8,11,14-16,18-19,24,33,42H,9-10,12-13H2,1-4H3,(H,40,41). The minimum atomic E-state index is -0.536. The first-order valence-corrected chi connectivity index (χ1v) is 15.9. The van der Waals surface area contributed by atoms with Crippen LogP contribution in [-0.4, -0.2) is 48.5 Å². The molecule has 0 spiro atoms. The fraction of sp³-hybridized carbons (Fsp3) is 0.324. The van der Waals surface area contributed by atoms with Crippen LogP contribution in [0.3, 0.4) is 0 Å². The van der Waals surface area contributed by atoms with Crippen LogP contribution in [0.1, 0.15) is 68.2 Å². The topological polar surface area (TPSA) is 108 Å². The third-order valence-corrected chi connectivity index (χ3v) is 9.09. The molecule has 2 N–H and O–H groups in total. The highest BCUT2D eigenvalue weighted by Crippen LogP contribution is 2.37. The summed E-state index contributed by atoms with van der Waals surface area (Å²) < 4.78 is 15.9. The summed E-state index contributed by atoms with van der Waals surface area (Å²) in [6, 6.07) is 13.9. The largest absolute Gasteiger partial charge is 0.373 e. The summed E-state index contributed by atoms with van der Waals surface area (Å²) >= 11 is 12.8. The highest BCUT2D eigenvalue weighted by atomic mass is 35.5. The van der Waals surface area contributed by atoms with Gasteiger partial charge in [0.15, 0.2) is 0 Å². The maximum absolute atomic E-state index is 13.9. The average Bonchev–Trinajstić information content (AvgIpc) is 3.52. The first kappa shape index (κ1) is 31.7. The van der Waals surface area contributed by atoms with E-state index >= 15 is 0 Å². The Kier molecular flexibility index (Phi) is 8.84. The third kappa shape index (κ3) is 6.49. The van der Waals surface area contributed by atoms with Crippen molar-refractivity contribution in [2.75, 3.05) is 23.7 Å². The van der Waals surface area contributed by atoms with Gasteiger partial charge in [0, 0.05) is 59.0 Å². The number of nitrogens with zero attached hydrogens (tertiary/aromatic N) is 7. The van der Waals surface area contributed by atoms with Gasteiger partial charge >= 0.3 is 0 Å². The zero-order valence-corrected chi connectivity index (χ0v) is 27.5. The summed E-state index contributed by atoms with van der Waals surface area (Å²) in [6.45, 7) is 10.7. The summed E-state index contributed by atoms with van der Waals surface area (Å²) in [4.78, 5) is 11.5. The number of halogens is 3. The van der Waals surface area contributed by atoms with Gasteiger partial charge in [0.05, 0.1) is 45.1 Å². The number of nitriles is 1. The van der Waals surface area contributed by atoms with E-state index in [9.17, 15) is 9.65 Å². The maximum Gasteiger partial charge on any atom is 0.141 e. The van der Waals surface area contributed by atoms with E-state index in [-0.39, 0.29) is 16.6 Å². The molecule has 1 atom stereocenters. The summed E-state index contributed by atoms with van der Waals surface area (Å²) in [5.41, 5.74) is 5.13. The molecule has 1 unspecified atom stereocenters. The van der Waals surface area contributed by atoms with Crippen molar-refractivity contribution in [3.8, 4) is 6.07 Å². The van der Waals surface area contributed by atoms with Gasteiger partial charge in [0.2, 0.25) is 0 Å². The van der Waals surface area contributed by atoms with Crippen molar-refractivity contribution >= 4 is 51.2 Å². The third-order valence-electron chi connectivity index (χ3n) is 8.52. The molecule has 46 heavy (non-hydrogen) atoms. The molecule has 4 heterocycles. The van der Waals surface area contributed by atoms with E-state index in [1.807, 2.05) is 36.0 Å². The molecule has 1 fully saturated rings. The second-order valence-corrected chi connectivity index (χ2v) is 13.3. The lowest BCUT2D eigenvalue weighted by atomic mass is 9.98. The summed E-state index contributed by atoms with van der Waals surface area (Å²) in [5.74, 6) is -0.536. The van der Waals surface area contributed by atoms with E-state index in [4.69, 9.17) is 23.2 Å². The molecule has 6 rings (SSSR count). The van der Waals surface area contributed by atoms with Gasteiger partial charge < -0.3 is 10.6 Å². The van der Waals surface area contributed by atoms with Crippen molar-refractivity contribution in [2.24, 2.45) is 0 Å². The molecule has 2 aromatic carbocycles. The second kappa shape index (κ2) is 12.8. The number of hydrogen-bond acceptors (Lipinski definition) is 8. The number of anilines is 3. The van der Waals surface area contributed by atoms with Gasteiger partial charge in [-0.15, -0.1) is 5.10 Å². The highest BCUT2D eigenvalue weighted by molar-refractivity contribution is 6.36. The molecule has 1 saturated heterocycles. The van der Waals surface area contributed by atoms with Gasteiger partial charge in [-0.1, -0.05) is 34.5 Å². The number of pyridine rings is 2. The molecule has 0 bridgehead atoms. The van der Waals surface area contributed by atoms with Gasteiger partial charge in [-0.3, -0.25) is 14.9 Å². The highest BCUT2D eigenvalue weighted by Gasteiger charge is 2.29. The molecular weight excluding hydrogens is 624 g/mol. The van der Waals surface area contributed by atoms with Crippen molar-refractivity contribution < 1.29 is 4.39 Å². The van der Waals surface area contributed by atoms with Crippen LogP contribution in [0.15, 0.2) is 61.1 Å². The van der Waals surface area contributed by atoms with Crippen LogP contribution in [0.4, 0.5) is 21.5 Å². The Hall–Kier alpha value is -4.30. The molecule has 3 aromatic heterocycles. The van der Waals surface area contributed by atoms with Crippen LogP contribution < -0.4 is 10.6 Å². The Bertz CT molecular complexity index is 1940. The molecule has 0 aliphatic carbocycles. The summed E-state index contributed by atoms with van der Waals surface area (Å²) in [7, 11) is 0. The van der Waals surface area contributed by atoms with E-state index in [1.54, 1.807) is 18.3 Å². The normalized spacial score (nSPS) is 15.1. The molecule has 236 valence electrons. The van der Waals surface area contributed by atoms with E-state index in [2.05, 4.69) is 62.7 Å². The lowest BCUT2D eigenvalue weighted by Crippen LogP contribution is -2.46. The average molecular weight is 659 g/mol. The number of piperidine rings is 1. The predicted octanol–water partition coefficient (Wildman–Crippen LogP) is 8.23. The summed E-state index contributed by atoms with van der Waals surface area (Å²) in [6.07, 6.45) is 7.23. The molecule has 9 nitrogen and oxygen atoms in total. The Labute approximate surface area is 277 Å². The maximum atomic E-state index is 13.9. The van der Waals surface area contributed by atoms with Crippen LogP contribution in [0.2, 0.25) is 10.0 Å². The molecule has 0 saturated carbocycles. The predicted molar refractivity (Wildman–Crippen MR) is 180 cm³/mol. The Morgan fingerprint density at radius 3 is 2.50 bits per heavy atom. The fourth-order valence-electron chi connectivity index (χ4n) is 5.96. The van der Waals surface area contributed by atoms with Gasteiger partial charge in [0.25, 0.3) is 0 Å². The van der Waals surface area contributed by atoms with Crippen LogP contribution in [-0.2, 0) is 0 Å². The van der Waals surface area contributed by atoms with Crippen LogP contribution >= 0.6 is 23.2 Å². The molecule has 1 aliphatic heterocycles. The lowest BCUT2D eigenvalue weighted by Gasteiger charge is -2.40. The van der Waals surface area contributed by atoms with Gasteiger partial charge in [-0.05, 0) is 76.9 Å². The van der Waals surface area contributed by atoms with Crippen molar-refractivity contribution in [2.45, 2.75) is 58.2 Å². The van der Waals surface area contributed by atoms with Crippen LogP contribution in [0, 0.1) is 24.1 Å². The van der Waals surface area contributed by atoms with E-state index in [0.29, 0.717) is 38.6 Å². The number of fused-ring (bicyclic) bond motifs is 1. The number of benzene rings is 2. The first-order valence-electron chi connectivity index (χ1n) is 15.1. The van der Waals surface area contributed by atoms with Crippen molar-refractivity contribution in [1.82, 2.24) is 29.9 Å². The number of hydrogen-bond donors (Lipinski definition) is 2. The van der Waals surface area contributed by atoms with E-state index < -0.39 is 11.9 Å². The monoisotopic (exact) mass is 657 g/mol. The Morgan fingerprint density at radius 2 is 1.80 bits per heavy atom. The zero-order valence-electron chi connectivity index (χ0n) is 26.0. The molecule has 12 heteroatoms. The smallest absolute Gasteiger partial charge is 0.141 e. The van der Waals surface area contributed by atoms with E-state index in [1.165, 1.54) is 18.3 Å². The SMILES string of the molecule is Cc1ncccc1C(Nc1cc(Cl)c2ncc(C#N)c(Nc3ccc(F)c(Cl)c3)c2c1)c1cn(C2CCN(C(C)(C)C)CC2)nn1. The lowest BCUT2D eigenvalue weighted by molar-refractivity contribution is 0.0866. The van der Waals surface area contributed by atoms with Crippen LogP contribution in [0.25, 0.3) is 10.9 Å². The number of rotatable bonds is 7. The number of aryl methyl sites for hydroxylation is 1. The second-order valence-electron chi connectivity index (χ2n) is 12.5. The number of aromatic nitrogens is 5. The zero-order chi connectivity index (χ0) is 32.6. The minimum absolute atomic E-state index is 0.0373. The van der Waals surface area contributed by atoms with Gasteiger partial charge in [0.1, 0.15) is 17.6 Å². The molecule has 5 aromatic rings. The Morgan fingerprint density at radius 1 is 1.04 bits per heavy atom. The quantitative estimate of drug-likeness (QED) is 0.180.